The summed E-state index contributed by atoms with van der Waals surface area (Å²) in [7, 11) is 1.49. The van der Waals surface area contributed by atoms with E-state index in [-0.39, 0.29) is 122 Å². The summed E-state index contributed by atoms with van der Waals surface area (Å²) in [4.78, 5) is 71.4. The maximum Gasteiger partial charge on any atom is 0.241 e. The second kappa shape index (κ2) is 69.0. The summed E-state index contributed by atoms with van der Waals surface area (Å²) in [6, 6.07) is 66.5. The van der Waals surface area contributed by atoms with Crippen LogP contribution in [0.2, 0.25) is 0 Å². The molecule has 0 spiro atoms. The molecule has 9 aromatic carbocycles. The zero-order valence-corrected chi connectivity index (χ0v) is 82.6. The van der Waals surface area contributed by atoms with Gasteiger partial charge in [0.25, 0.3) is 0 Å². The van der Waals surface area contributed by atoms with Crippen LogP contribution in [0.4, 0.5) is 22.7 Å². The largest absolute Gasteiger partial charge is 0.508 e. The average molecular weight is 1890 g/mol. The molecular formula is C105H150N16O16. The number of amides is 6. The van der Waals surface area contributed by atoms with Gasteiger partial charge < -0.3 is 121 Å². The number of carbonyl (C=O) groups is 6. The molecule has 9 aromatic rings. The van der Waals surface area contributed by atoms with Gasteiger partial charge in [0, 0.05) is 47.0 Å². The van der Waals surface area contributed by atoms with Gasteiger partial charge in [0.2, 0.25) is 35.4 Å². The molecule has 0 heterocycles. The highest BCUT2D eigenvalue weighted by molar-refractivity contribution is 6.00. The maximum atomic E-state index is 12.3. The Morgan fingerprint density at radius 2 is 0.657 bits per heavy atom. The van der Waals surface area contributed by atoms with Crippen LogP contribution < -0.4 is 77.4 Å². The fourth-order valence-corrected chi connectivity index (χ4v) is 11.1. The smallest absolute Gasteiger partial charge is 0.241 e. The van der Waals surface area contributed by atoms with E-state index < -0.39 is 30.1 Å². The van der Waals surface area contributed by atoms with E-state index in [0.29, 0.717) is 81.6 Å². The van der Waals surface area contributed by atoms with Crippen LogP contribution in [0, 0.1) is 28.6 Å². The zero-order chi connectivity index (χ0) is 102. The molecule has 0 saturated carbocycles. The molecule has 746 valence electrons. The number of para-hydroxylation sites is 2. The predicted octanol–water partition coefficient (Wildman–Crippen LogP) is 12.4. The van der Waals surface area contributed by atoms with E-state index in [4.69, 9.17) is 94.0 Å². The van der Waals surface area contributed by atoms with Gasteiger partial charge in [-0.1, -0.05) is 121 Å². The lowest BCUT2D eigenvalue weighted by Gasteiger charge is -2.16. The summed E-state index contributed by atoms with van der Waals surface area (Å²) in [5, 5.41) is 64.0. The Balaban J connectivity index is 0.000000535. The van der Waals surface area contributed by atoms with Crippen molar-refractivity contribution in [2.24, 2.45) is 28.9 Å². The number of rotatable bonds is 41. The number of nitrogens with zero attached hydrogens (tertiary/aromatic N) is 2. The van der Waals surface area contributed by atoms with E-state index in [0.717, 1.165) is 67.1 Å². The average Bonchev–Trinajstić information content (AvgIpc) is 0.847. The summed E-state index contributed by atoms with van der Waals surface area (Å²) >= 11 is 0. The van der Waals surface area contributed by atoms with Crippen LogP contribution in [0.15, 0.2) is 218 Å². The number of anilines is 4. The quantitative estimate of drug-likeness (QED) is 0.00961. The first-order valence-electron chi connectivity index (χ1n) is 45.6. The second-order valence-corrected chi connectivity index (χ2v) is 33.8. The number of phenolic OH excluding ortho intramolecular Hbond substituents is 3. The normalized spacial score (nSPS) is 11.7. The molecule has 5 atom stereocenters. The molecule has 32 heteroatoms. The number of phenols is 3. The predicted molar refractivity (Wildman–Crippen MR) is 541 cm³/mol. The standard InChI is InChI=1S/C19H24N2O3.C16H21N3O3.C14H19N3O2.C13H21N3O2.C13H20N2O3.3C10H15NO/c1-13(2)24-12-15-5-3-4-6-18(15)21-19(23)17(20)11-14-7-9-16(22)10-8-14;1-11(2)22-10-19-16(21)14(15(20)18-3)8-12-4-6-13(9-17)7-5-12;1-10(2)19-9-17-14(18)13(16)7-11-3-5-12(8-15)6-4-11;1-9(2)15-8-16-13(18)12(14)7-10-3-5-11(17)6-4-10;1-9(2)18-8-15-13(17)12(14)7-10-3-5-11(16)6-4-10;1-8(2)12-7-9-3-5-10(11)6-4-9;1-8(2)12-7-9-4-3-5-10(11)6-9;1-8(2)12-7-9-5-3-4-6-10(9)11/h3-10,13,17,22H,11-12,20H2,1-2H3,(H,21,23);4-7,11,14H,8,10H2,1-3H3,(H,18,20)(H,19,21);3-6,10,13H,7,9,16H2,1-2H3,(H,17,18);3-6,9,12,15,17H,7-8,14H2,1-2H3,(H,16,18);3-6,9,12,16H,7-8,14H2,1-2H3,(H,15,17);3*3-6,8H,7,11H2,1-2H3/t17-;;13-;2*12-;;;/m1.111.../s1. The fraction of sp³-hybridized carbons (Fsp3) is 0.410. The highest BCUT2D eigenvalue weighted by Crippen LogP contribution is 2.21. The van der Waals surface area contributed by atoms with Crippen LogP contribution in [-0.4, -0.2) is 158 Å². The summed E-state index contributed by atoms with van der Waals surface area (Å²) in [5.41, 5.74) is 53.2. The minimum Gasteiger partial charge on any atom is -0.508 e. The molecular weight excluding hydrogens is 1740 g/mol. The summed E-state index contributed by atoms with van der Waals surface area (Å²) < 4.78 is 37.6. The fourth-order valence-electron chi connectivity index (χ4n) is 11.1. The van der Waals surface area contributed by atoms with Crippen molar-refractivity contribution < 1.29 is 77.2 Å². The van der Waals surface area contributed by atoms with Gasteiger partial charge in [-0.25, -0.2) is 0 Å². The van der Waals surface area contributed by atoms with E-state index >= 15 is 0 Å². The first-order chi connectivity index (χ1) is 65.0. The molecule has 32 nitrogen and oxygen atoms in total. The van der Waals surface area contributed by atoms with Crippen LogP contribution in [0.1, 0.15) is 172 Å². The van der Waals surface area contributed by atoms with E-state index in [1.165, 1.54) is 7.05 Å². The molecule has 0 aliphatic heterocycles. The van der Waals surface area contributed by atoms with Gasteiger partial charge in [0.15, 0.2) is 0 Å². The first kappa shape index (κ1) is 120. The van der Waals surface area contributed by atoms with Crippen molar-refractivity contribution in [2.75, 3.05) is 56.4 Å². The van der Waals surface area contributed by atoms with Gasteiger partial charge in [-0.15, -0.1) is 0 Å². The van der Waals surface area contributed by atoms with E-state index in [9.17, 15) is 33.9 Å². The third-order valence-electron chi connectivity index (χ3n) is 18.8. The van der Waals surface area contributed by atoms with Gasteiger partial charge in [0.05, 0.1) is 123 Å². The molecule has 0 radical (unpaired) electrons. The van der Waals surface area contributed by atoms with Gasteiger partial charge in [-0.2, -0.15) is 10.5 Å². The lowest BCUT2D eigenvalue weighted by atomic mass is 9.97. The SMILES string of the molecule is CC(C)NCNC(=O)[C@H](N)Cc1ccc(O)cc1.CC(C)OCNC(=O)[C@H](N)Cc1ccc(C#N)cc1.CC(C)OCNC(=O)[C@H](N)Cc1ccc(O)cc1.CC(C)OCc1ccc(N)cc1.CC(C)OCc1cccc(N)c1.CC(C)OCc1ccccc1N.CC(C)OCc1ccccc1NC(=O)[C@H](N)Cc1ccc(O)cc1.CNC(=O)C(Cc1ccc(C#N)cc1)C(=O)NCOC(C)C. The maximum absolute atomic E-state index is 12.3. The number of nitrogen functional groups attached to an aromatic ring is 3. The summed E-state index contributed by atoms with van der Waals surface area (Å²) in [6.07, 6.45) is 3.02. The molecule has 0 aliphatic carbocycles. The highest BCUT2D eigenvalue weighted by Gasteiger charge is 2.27. The molecule has 24 N–H and O–H groups in total. The Hall–Kier alpha value is -12.9. The number of ether oxygens (including phenoxy) is 7. The summed E-state index contributed by atoms with van der Waals surface area (Å²) in [6.45, 7) is 34.5. The van der Waals surface area contributed by atoms with Crippen molar-refractivity contribution in [3.8, 4) is 29.4 Å². The van der Waals surface area contributed by atoms with E-state index in [1.807, 2.05) is 220 Å². The summed E-state index contributed by atoms with van der Waals surface area (Å²) in [5.74, 6) is -1.91. The molecule has 0 bridgehead atoms. The van der Waals surface area contributed by atoms with Crippen molar-refractivity contribution in [1.29, 1.82) is 10.5 Å². The number of hydrogen-bond acceptors (Lipinski definition) is 26. The molecule has 9 rings (SSSR count). The molecule has 6 amide bonds. The lowest BCUT2D eigenvalue weighted by Crippen LogP contribution is -2.46. The van der Waals surface area contributed by atoms with Crippen LogP contribution in [-0.2, 0) is 120 Å². The minimum atomic E-state index is -0.839. The van der Waals surface area contributed by atoms with Crippen LogP contribution in [0.5, 0.6) is 17.2 Å². The first-order valence-corrected chi connectivity index (χ1v) is 45.6. The van der Waals surface area contributed by atoms with Crippen molar-refractivity contribution in [2.45, 2.75) is 242 Å². The number of hydrogen-bond donors (Lipinski definition) is 17. The van der Waals surface area contributed by atoms with Crippen molar-refractivity contribution in [1.82, 2.24) is 31.9 Å². The number of benzene rings is 9. The Bertz CT molecular complexity index is 4880. The third kappa shape index (κ3) is 57.6. The molecule has 1 unspecified atom stereocenters. The highest BCUT2D eigenvalue weighted by atomic mass is 16.5. The molecule has 0 aromatic heterocycles. The van der Waals surface area contributed by atoms with Crippen molar-refractivity contribution in [3.63, 3.8) is 0 Å². The number of carbonyl (C=O) groups excluding carboxylic acids is 6. The van der Waals surface area contributed by atoms with E-state index in [2.05, 4.69) is 37.2 Å². The van der Waals surface area contributed by atoms with Crippen molar-refractivity contribution in [3.05, 3.63) is 280 Å². The zero-order valence-electron chi connectivity index (χ0n) is 82.6. The van der Waals surface area contributed by atoms with Crippen LogP contribution in [0.25, 0.3) is 0 Å². The van der Waals surface area contributed by atoms with E-state index in [1.54, 1.807) is 121 Å². The lowest BCUT2D eigenvalue weighted by molar-refractivity contribution is -0.136. The second-order valence-electron chi connectivity index (χ2n) is 33.8. The number of nitrogens with one attached hydrogen (secondary N) is 7. The Labute approximate surface area is 810 Å². The van der Waals surface area contributed by atoms with Crippen LogP contribution >= 0.6 is 0 Å². The molecule has 0 aliphatic rings. The Morgan fingerprint density at radius 3 is 1.03 bits per heavy atom. The molecule has 0 saturated heterocycles. The number of aromatic hydroxyl groups is 3. The minimum absolute atomic E-state index is 0.00252. The number of nitrogens with two attached hydrogens (primary N) is 7. The van der Waals surface area contributed by atoms with Crippen LogP contribution in [0.3, 0.4) is 0 Å². The van der Waals surface area contributed by atoms with Gasteiger partial charge in [0.1, 0.15) is 43.4 Å². The third-order valence-corrected chi connectivity index (χ3v) is 18.8. The van der Waals surface area contributed by atoms with Gasteiger partial charge in [-0.05, 0) is 279 Å². The van der Waals surface area contributed by atoms with Crippen molar-refractivity contribution >= 4 is 58.2 Å². The van der Waals surface area contributed by atoms with Gasteiger partial charge >= 0.3 is 0 Å². The topological polar surface area (TPSA) is 542 Å². The Kier molecular flexibility index (Phi) is 60.5. The molecule has 0 fully saturated rings. The molecule has 137 heavy (non-hydrogen) atoms. The Morgan fingerprint density at radius 1 is 0.328 bits per heavy atom. The number of nitriles is 2. The van der Waals surface area contributed by atoms with Gasteiger partial charge in [-0.3, -0.25) is 34.1 Å². The monoisotopic (exact) mass is 1890 g/mol.